The molecule has 20 nitrogen and oxygen atoms in total. The standard InChI is InChI=1S/C27H43N9O11/c1-12(31-23(42)16(10-20(29)39)34-22(41)14-5-3-7-30-14)21(40)33-15(9-19(28)38)24(43)32-13(2)26(45)36-8-4-6-18(36)25(44)35-17(11-37)27(46)47/h12-18,30,37H,3-11H2,1-2H3,(H2,28,38)(H2,29,39)(H,31,42)(H,32,43)(H,33,40)(H,34,41)(H,35,44)(H,46,47)/t12-,13-,14-,15-,16-,17-,18-/m0/s1. The molecular weight excluding hydrogens is 626 g/mol. The minimum atomic E-state index is -1.59. The molecule has 2 aliphatic heterocycles. The summed E-state index contributed by atoms with van der Waals surface area (Å²) in [4.78, 5) is 113. The number of carboxylic acids is 1. The molecule has 0 unspecified atom stereocenters. The summed E-state index contributed by atoms with van der Waals surface area (Å²) < 4.78 is 0. The van der Waals surface area contributed by atoms with Crippen molar-refractivity contribution in [2.45, 2.75) is 94.7 Å². The number of rotatable bonds is 17. The van der Waals surface area contributed by atoms with E-state index < -0.39 is 115 Å². The molecule has 47 heavy (non-hydrogen) atoms. The van der Waals surface area contributed by atoms with E-state index in [9.17, 15) is 48.3 Å². The number of aliphatic hydroxyl groups excluding tert-OH is 1. The number of nitrogens with zero attached hydrogens (tertiary/aromatic N) is 1. The van der Waals surface area contributed by atoms with Crippen LogP contribution in [-0.2, 0) is 43.2 Å². The molecule has 0 aromatic heterocycles. The van der Waals surface area contributed by atoms with Crippen LogP contribution in [0.25, 0.3) is 0 Å². The number of hydrogen-bond donors (Lipinski definition) is 10. The summed E-state index contributed by atoms with van der Waals surface area (Å²) in [5, 5.41) is 32.8. The lowest BCUT2D eigenvalue weighted by atomic mass is 10.1. The van der Waals surface area contributed by atoms with Gasteiger partial charge < -0.3 is 58.5 Å². The maximum atomic E-state index is 13.2. The van der Waals surface area contributed by atoms with Crippen LogP contribution in [-0.4, -0.2) is 130 Å². The van der Waals surface area contributed by atoms with Gasteiger partial charge >= 0.3 is 5.97 Å². The monoisotopic (exact) mass is 669 g/mol. The number of carbonyl (C=O) groups is 9. The number of primary amides is 2. The maximum Gasteiger partial charge on any atom is 0.328 e. The Balaban J connectivity index is 2.04. The first-order valence-corrected chi connectivity index (χ1v) is 15.0. The van der Waals surface area contributed by atoms with Gasteiger partial charge in [0.25, 0.3) is 0 Å². The molecule has 2 heterocycles. The van der Waals surface area contributed by atoms with Gasteiger partial charge in [0.1, 0.15) is 36.3 Å². The highest BCUT2D eigenvalue weighted by Crippen LogP contribution is 2.19. The quantitative estimate of drug-likeness (QED) is 0.0692. The Bertz CT molecular complexity index is 1240. The molecule has 262 valence electrons. The van der Waals surface area contributed by atoms with Crippen molar-refractivity contribution in [3.8, 4) is 0 Å². The van der Waals surface area contributed by atoms with Gasteiger partial charge in [0.15, 0.2) is 0 Å². The van der Waals surface area contributed by atoms with Crippen molar-refractivity contribution in [3.63, 3.8) is 0 Å². The molecule has 0 aromatic rings. The summed E-state index contributed by atoms with van der Waals surface area (Å²) in [6, 6.07) is -8.83. The molecule has 2 saturated heterocycles. The second-order valence-corrected chi connectivity index (χ2v) is 11.3. The summed E-state index contributed by atoms with van der Waals surface area (Å²) in [5.41, 5.74) is 10.5. The summed E-state index contributed by atoms with van der Waals surface area (Å²) in [6.07, 6.45) is 0.604. The van der Waals surface area contributed by atoms with Gasteiger partial charge in [-0.25, -0.2) is 4.79 Å². The zero-order valence-electron chi connectivity index (χ0n) is 26.1. The zero-order valence-corrected chi connectivity index (χ0v) is 26.1. The average Bonchev–Trinajstić information content (AvgIpc) is 3.71. The molecule has 2 aliphatic rings. The highest BCUT2D eigenvalue weighted by atomic mass is 16.4. The van der Waals surface area contributed by atoms with Gasteiger partial charge in [0, 0.05) is 6.54 Å². The molecule has 8 amide bonds. The van der Waals surface area contributed by atoms with E-state index in [1.165, 1.54) is 13.8 Å². The number of carboxylic acid groups (broad SMARTS) is 1. The lowest BCUT2D eigenvalue weighted by Crippen LogP contribution is -2.59. The van der Waals surface area contributed by atoms with Crippen molar-refractivity contribution >= 4 is 53.2 Å². The van der Waals surface area contributed by atoms with E-state index in [1.807, 2.05) is 0 Å². The van der Waals surface area contributed by atoms with E-state index in [-0.39, 0.29) is 13.0 Å². The van der Waals surface area contributed by atoms with Gasteiger partial charge in [-0.15, -0.1) is 0 Å². The Hall–Kier alpha value is -4.85. The molecule has 0 bridgehead atoms. The lowest BCUT2D eigenvalue weighted by Gasteiger charge is -2.29. The second-order valence-electron chi connectivity index (χ2n) is 11.3. The molecule has 0 aromatic carbocycles. The van der Waals surface area contributed by atoms with Crippen LogP contribution in [0.15, 0.2) is 0 Å². The van der Waals surface area contributed by atoms with Crippen LogP contribution in [0.4, 0.5) is 0 Å². The van der Waals surface area contributed by atoms with Crippen LogP contribution in [0.2, 0.25) is 0 Å². The minimum absolute atomic E-state index is 0.112. The first-order chi connectivity index (χ1) is 22.0. The van der Waals surface area contributed by atoms with Gasteiger partial charge in [-0.3, -0.25) is 38.4 Å². The summed E-state index contributed by atoms with van der Waals surface area (Å²) in [6.45, 7) is 2.38. The zero-order chi connectivity index (χ0) is 35.4. The lowest BCUT2D eigenvalue weighted by molar-refractivity contribution is -0.145. The van der Waals surface area contributed by atoms with E-state index >= 15 is 0 Å². The van der Waals surface area contributed by atoms with Gasteiger partial charge in [0.2, 0.25) is 47.3 Å². The molecule has 7 atom stereocenters. The Morgan fingerprint density at radius 1 is 0.745 bits per heavy atom. The maximum absolute atomic E-state index is 13.2. The Labute approximate surface area is 269 Å². The topological polar surface area (TPSA) is 322 Å². The Kier molecular flexibility index (Phi) is 14.5. The third-order valence-corrected chi connectivity index (χ3v) is 7.57. The molecule has 2 fully saturated rings. The van der Waals surface area contributed by atoms with Crippen molar-refractivity contribution in [2.24, 2.45) is 11.5 Å². The van der Waals surface area contributed by atoms with Crippen molar-refractivity contribution < 1.29 is 53.4 Å². The van der Waals surface area contributed by atoms with Crippen LogP contribution in [0.1, 0.15) is 52.4 Å². The fourth-order valence-corrected chi connectivity index (χ4v) is 5.06. The van der Waals surface area contributed by atoms with Crippen LogP contribution in [0, 0.1) is 0 Å². The number of hydrogen-bond acceptors (Lipinski definition) is 11. The predicted octanol–water partition coefficient (Wildman–Crippen LogP) is -5.98. The normalized spacial score (nSPS) is 20.4. The minimum Gasteiger partial charge on any atom is -0.480 e. The highest BCUT2D eigenvalue weighted by molar-refractivity contribution is 5.99. The smallest absolute Gasteiger partial charge is 0.328 e. The Morgan fingerprint density at radius 3 is 1.81 bits per heavy atom. The van der Waals surface area contributed by atoms with E-state index in [2.05, 4.69) is 31.9 Å². The van der Waals surface area contributed by atoms with Gasteiger partial charge in [-0.2, -0.15) is 0 Å². The first kappa shape index (κ1) is 38.3. The van der Waals surface area contributed by atoms with E-state index in [0.717, 1.165) is 11.3 Å². The van der Waals surface area contributed by atoms with Gasteiger partial charge in [-0.05, 0) is 46.1 Å². The molecule has 0 spiro atoms. The molecule has 0 radical (unpaired) electrons. The van der Waals surface area contributed by atoms with Crippen molar-refractivity contribution in [3.05, 3.63) is 0 Å². The summed E-state index contributed by atoms with van der Waals surface area (Å²) in [5.74, 6) is -8.25. The molecular formula is C27H43N9O11. The number of aliphatic carboxylic acids is 1. The SMILES string of the molecule is C[C@H](NC(=O)[C@H](CC(N)=O)NC(=O)[C@@H]1CCCN1)C(=O)N[C@@H](CC(N)=O)C(=O)N[C@@H](C)C(=O)N1CCC[C@H]1C(=O)N[C@@H](CO)C(=O)O. The largest absolute Gasteiger partial charge is 0.480 e. The second kappa shape index (κ2) is 17.7. The van der Waals surface area contributed by atoms with E-state index in [1.54, 1.807) is 0 Å². The van der Waals surface area contributed by atoms with E-state index in [4.69, 9.17) is 16.6 Å². The number of carbonyl (C=O) groups excluding carboxylic acids is 8. The van der Waals surface area contributed by atoms with Crippen LogP contribution >= 0.6 is 0 Å². The van der Waals surface area contributed by atoms with Crippen molar-refractivity contribution in [2.75, 3.05) is 19.7 Å². The average molecular weight is 670 g/mol. The summed E-state index contributed by atoms with van der Waals surface area (Å²) >= 11 is 0. The fraction of sp³-hybridized carbons (Fsp3) is 0.667. The third-order valence-electron chi connectivity index (χ3n) is 7.57. The molecule has 2 rings (SSSR count). The predicted molar refractivity (Wildman–Crippen MR) is 159 cm³/mol. The fourth-order valence-electron chi connectivity index (χ4n) is 5.06. The van der Waals surface area contributed by atoms with Crippen molar-refractivity contribution in [1.29, 1.82) is 0 Å². The summed E-state index contributed by atoms with van der Waals surface area (Å²) in [7, 11) is 0. The Morgan fingerprint density at radius 2 is 1.30 bits per heavy atom. The molecule has 12 N–H and O–H groups in total. The number of likely N-dealkylation sites (tertiary alicyclic amines) is 1. The van der Waals surface area contributed by atoms with Crippen LogP contribution in [0.5, 0.6) is 0 Å². The number of aliphatic hydroxyl groups is 1. The number of nitrogens with one attached hydrogen (secondary N) is 6. The highest BCUT2D eigenvalue weighted by Gasteiger charge is 2.38. The van der Waals surface area contributed by atoms with E-state index in [0.29, 0.717) is 19.4 Å². The third kappa shape index (κ3) is 11.5. The van der Waals surface area contributed by atoms with Crippen LogP contribution in [0.3, 0.4) is 0 Å². The number of nitrogens with two attached hydrogens (primary N) is 2. The first-order valence-electron chi connectivity index (χ1n) is 15.0. The number of amides is 8. The molecule has 0 saturated carbocycles. The molecule has 20 heteroatoms. The van der Waals surface area contributed by atoms with Gasteiger partial charge in [0.05, 0.1) is 25.5 Å². The van der Waals surface area contributed by atoms with Crippen molar-refractivity contribution in [1.82, 2.24) is 36.8 Å². The molecule has 0 aliphatic carbocycles. The van der Waals surface area contributed by atoms with Gasteiger partial charge in [-0.1, -0.05) is 0 Å². The van der Waals surface area contributed by atoms with Crippen LogP contribution < -0.4 is 43.4 Å².